The summed E-state index contributed by atoms with van der Waals surface area (Å²) in [4.78, 5) is 8.92. The molecule has 0 spiro atoms. The molecule has 5 heteroatoms. The van der Waals surface area contributed by atoms with Crippen molar-refractivity contribution in [2.24, 2.45) is 5.73 Å². The van der Waals surface area contributed by atoms with Crippen LogP contribution in [0.3, 0.4) is 0 Å². The van der Waals surface area contributed by atoms with Gasteiger partial charge in [-0.2, -0.15) is 4.98 Å². The molecular formula is C15H20N4O. The average Bonchev–Trinajstić information content (AvgIpc) is 2.87. The Labute approximate surface area is 118 Å². The number of hydrogen-bond donors (Lipinski definition) is 1. The van der Waals surface area contributed by atoms with E-state index in [0.717, 1.165) is 48.5 Å². The quantitative estimate of drug-likeness (QED) is 0.909. The summed E-state index contributed by atoms with van der Waals surface area (Å²) in [5.41, 5.74) is 8.91. The molecule has 1 fully saturated rings. The molecule has 1 saturated carbocycles. The molecule has 106 valence electrons. The summed E-state index contributed by atoms with van der Waals surface area (Å²) in [6, 6.07) is 4.22. The summed E-state index contributed by atoms with van der Waals surface area (Å²) in [7, 11) is 0. The third-order valence-electron chi connectivity index (χ3n) is 3.85. The van der Waals surface area contributed by atoms with Crippen molar-refractivity contribution in [3.8, 4) is 11.4 Å². The zero-order valence-electron chi connectivity index (χ0n) is 12.0. The number of aryl methyl sites for hydroxylation is 2. The monoisotopic (exact) mass is 272 g/mol. The number of nitrogens with zero attached hydrogens (tertiary/aromatic N) is 3. The molecule has 0 aliphatic heterocycles. The normalized spacial score (nSPS) is 22.9. The van der Waals surface area contributed by atoms with Crippen LogP contribution in [0.15, 0.2) is 16.7 Å². The van der Waals surface area contributed by atoms with E-state index in [0.29, 0.717) is 11.7 Å². The standard InChI is InChI=1S/C15H20N4O/c1-9-6-12(7-10(2)17-9)14-18-15(20-19-14)11-4-3-5-13(16)8-11/h6-7,11,13H,3-5,8,16H2,1-2H3. The van der Waals surface area contributed by atoms with Crippen molar-refractivity contribution in [3.05, 3.63) is 29.4 Å². The molecule has 0 aromatic carbocycles. The second kappa shape index (κ2) is 5.32. The van der Waals surface area contributed by atoms with Gasteiger partial charge in [-0.05, 0) is 45.2 Å². The molecule has 1 aliphatic rings. The first-order chi connectivity index (χ1) is 9.61. The van der Waals surface area contributed by atoms with Gasteiger partial charge < -0.3 is 10.3 Å². The Morgan fingerprint density at radius 2 is 1.90 bits per heavy atom. The lowest BCUT2D eigenvalue weighted by atomic mass is 9.86. The van der Waals surface area contributed by atoms with Gasteiger partial charge in [0.15, 0.2) is 0 Å². The smallest absolute Gasteiger partial charge is 0.230 e. The summed E-state index contributed by atoms with van der Waals surface area (Å²) in [6.07, 6.45) is 4.26. The van der Waals surface area contributed by atoms with Crippen LogP contribution in [0.4, 0.5) is 0 Å². The second-order valence-corrected chi connectivity index (χ2v) is 5.72. The lowest BCUT2D eigenvalue weighted by Gasteiger charge is -2.23. The minimum absolute atomic E-state index is 0.259. The van der Waals surface area contributed by atoms with Crippen molar-refractivity contribution >= 4 is 0 Å². The first kappa shape index (κ1) is 13.2. The van der Waals surface area contributed by atoms with E-state index in [1.807, 2.05) is 26.0 Å². The van der Waals surface area contributed by atoms with Gasteiger partial charge in [0.1, 0.15) is 0 Å². The van der Waals surface area contributed by atoms with Crippen LogP contribution in [0, 0.1) is 13.8 Å². The molecule has 0 radical (unpaired) electrons. The largest absolute Gasteiger partial charge is 0.339 e. The van der Waals surface area contributed by atoms with Gasteiger partial charge in [0.05, 0.1) is 0 Å². The van der Waals surface area contributed by atoms with E-state index >= 15 is 0 Å². The Morgan fingerprint density at radius 3 is 2.60 bits per heavy atom. The van der Waals surface area contributed by atoms with Gasteiger partial charge in [-0.1, -0.05) is 11.6 Å². The second-order valence-electron chi connectivity index (χ2n) is 5.72. The Morgan fingerprint density at radius 1 is 1.15 bits per heavy atom. The van der Waals surface area contributed by atoms with Crippen molar-refractivity contribution in [1.82, 2.24) is 15.1 Å². The molecule has 2 unspecified atom stereocenters. The van der Waals surface area contributed by atoms with Gasteiger partial charge >= 0.3 is 0 Å². The van der Waals surface area contributed by atoms with E-state index in [-0.39, 0.29) is 6.04 Å². The fourth-order valence-electron chi connectivity index (χ4n) is 2.93. The average molecular weight is 272 g/mol. The fraction of sp³-hybridized carbons (Fsp3) is 0.533. The van der Waals surface area contributed by atoms with Gasteiger partial charge in [-0.15, -0.1) is 0 Å². The van der Waals surface area contributed by atoms with Crippen LogP contribution in [0.5, 0.6) is 0 Å². The highest BCUT2D eigenvalue weighted by molar-refractivity contribution is 5.55. The lowest BCUT2D eigenvalue weighted by molar-refractivity contribution is 0.299. The van der Waals surface area contributed by atoms with Crippen LogP contribution >= 0.6 is 0 Å². The molecule has 2 heterocycles. The first-order valence-electron chi connectivity index (χ1n) is 7.16. The van der Waals surface area contributed by atoms with Crippen LogP contribution in [0.25, 0.3) is 11.4 Å². The minimum atomic E-state index is 0.259. The Kier molecular flexibility index (Phi) is 3.53. The number of aromatic nitrogens is 3. The van der Waals surface area contributed by atoms with Gasteiger partial charge in [-0.25, -0.2) is 0 Å². The highest BCUT2D eigenvalue weighted by atomic mass is 16.5. The SMILES string of the molecule is Cc1cc(-c2noc(C3CCCC(N)C3)n2)cc(C)n1. The van der Waals surface area contributed by atoms with Gasteiger partial charge in [0.25, 0.3) is 0 Å². The Bertz CT molecular complexity index is 587. The third-order valence-corrected chi connectivity index (χ3v) is 3.85. The van der Waals surface area contributed by atoms with Crippen molar-refractivity contribution in [3.63, 3.8) is 0 Å². The third kappa shape index (κ3) is 2.72. The topological polar surface area (TPSA) is 77.8 Å². The van der Waals surface area contributed by atoms with E-state index in [1.165, 1.54) is 0 Å². The van der Waals surface area contributed by atoms with Crippen molar-refractivity contribution in [1.29, 1.82) is 0 Å². The fourth-order valence-corrected chi connectivity index (χ4v) is 2.93. The molecular weight excluding hydrogens is 252 g/mol. The number of rotatable bonds is 2. The van der Waals surface area contributed by atoms with Gasteiger partial charge in [0.2, 0.25) is 11.7 Å². The summed E-state index contributed by atoms with van der Waals surface area (Å²) in [5.74, 6) is 1.68. The lowest BCUT2D eigenvalue weighted by Crippen LogP contribution is -2.26. The molecule has 2 N–H and O–H groups in total. The van der Waals surface area contributed by atoms with Crippen LogP contribution in [-0.2, 0) is 0 Å². The number of pyridine rings is 1. The summed E-state index contributed by atoms with van der Waals surface area (Å²) in [5, 5.41) is 4.11. The molecule has 0 saturated heterocycles. The van der Waals surface area contributed by atoms with E-state index in [4.69, 9.17) is 10.3 Å². The Balaban J connectivity index is 1.86. The minimum Gasteiger partial charge on any atom is -0.339 e. The molecule has 1 aliphatic carbocycles. The van der Waals surface area contributed by atoms with E-state index < -0.39 is 0 Å². The zero-order chi connectivity index (χ0) is 14.1. The van der Waals surface area contributed by atoms with Crippen LogP contribution in [-0.4, -0.2) is 21.2 Å². The molecule has 0 bridgehead atoms. The van der Waals surface area contributed by atoms with E-state index in [1.54, 1.807) is 0 Å². The zero-order valence-corrected chi connectivity index (χ0v) is 12.0. The molecule has 2 atom stereocenters. The van der Waals surface area contributed by atoms with E-state index in [9.17, 15) is 0 Å². The van der Waals surface area contributed by atoms with Gasteiger partial charge in [0, 0.05) is 28.9 Å². The maximum atomic E-state index is 6.02. The molecule has 5 nitrogen and oxygen atoms in total. The van der Waals surface area contributed by atoms with Gasteiger partial charge in [-0.3, -0.25) is 4.98 Å². The van der Waals surface area contributed by atoms with E-state index in [2.05, 4.69) is 15.1 Å². The predicted molar refractivity (Wildman–Crippen MR) is 76.2 cm³/mol. The maximum Gasteiger partial charge on any atom is 0.230 e. The molecule has 2 aromatic heterocycles. The van der Waals surface area contributed by atoms with Crippen molar-refractivity contribution < 1.29 is 4.52 Å². The van der Waals surface area contributed by atoms with Crippen molar-refractivity contribution in [2.45, 2.75) is 51.5 Å². The van der Waals surface area contributed by atoms with Crippen LogP contribution in [0.1, 0.15) is 48.9 Å². The Hall–Kier alpha value is -1.75. The van der Waals surface area contributed by atoms with Crippen LogP contribution < -0.4 is 5.73 Å². The first-order valence-corrected chi connectivity index (χ1v) is 7.16. The van der Waals surface area contributed by atoms with Crippen LogP contribution in [0.2, 0.25) is 0 Å². The summed E-state index contributed by atoms with van der Waals surface area (Å²) in [6.45, 7) is 3.94. The molecule has 0 amide bonds. The number of nitrogens with two attached hydrogens (primary N) is 1. The highest BCUT2D eigenvalue weighted by Gasteiger charge is 2.25. The van der Waals surface area contributed by atoms with Crippen molar-refractivity contribution in [2.75, 3.05) is 0 Å². The summed E-state index contributed by atoms with van der Waals surface area (Å²) >= 11 is 0. The highest BCUT2D eigenvalue weighted by Crippen LogP contribution is 2.32. The molecule has 2 aromatic rings. The maximum absolute atomic E-state index is 6.02. The molecule has 3 rings (SSSR count). The summed E-state index contributed by atoms with van der Waals surface area (Å²) < 4.78 is 5.45. The number of hydrogen-bond acceptors (Lipinski definition) is 5. The predicted octanol–water partition coefficient (Wildman–Crippen LogP) is 2.73. The molecule has 20 heavy (non-hydrogen) atoms.